The summed E-state index contributed by atoms with van der Waals surface area (Å²) >= 11 is 3.43. The molecular formula is C15H21BrO2. The predicted molar refractivity (Wildman–Crippen MR) is 76.8 cm³/mol. The summed E-state index contributed by atoms with van der Waals surface area (Å²) in [7, 11) is 1.65. The van der Waals surface area contributed by atoms with Crippen LogP contribution in [0.4, 0.5) is 0 Å². The van der Waals surface area contributed by atoms with Crippen molar-refractivity contribution in [1.29, 1.82) is 0 Å². The first-order chi connectivity index (χ1) is 8.61. The van der Waals surface area contributed by atoms with E-state index in [-0.39, 0.29) is 0 Å². The summed E-state index contributed by atoms with van der Waals surface area (Å²) in [5, 5.41) is 10.5. The number of benzene rings is 1. The Morgan fingerprint density at radius 1 is 1.28 bits per heavy atom. The Kier molecular flexibility index (Phi) is 4.68. The zero-order valence-corrected chi connectivity index (χ0v) is 12.6. The van der Waals surface area contributed by atoms with Gasteiger partial charge in [-0.25, -0.2) is 0 Å². The summed E-state index contributed by atoms with van der Waals surface area (Å²) in [6.45, 7) is 2.29. The van der Waals surface area contributed by atoms with Gasteiger partial charge in [0.15, 0.2) is 0 Å². The Labute approximate surface area is 117 Å². The molecule has 1 N–H and O–H groups in total. The van der Waals surface area contributed by atoms with Crippen LogP contribution in [0, 0.1) is 11.8 Å². The molecule has 1 saturated carbocycles. The average molecular weight is 313 g/mol. The van der Waals surface area contributed by atoms with Crippen molar-refractivity contribution in [3.05, 3.63) is 28.2 Å². The second kappa shape index (κ2) is 6.07. The van der Waals surface area contributed by atoms with Crippen LogP contribution >= 0.6 is 15.9 Å². The lowest BCUT2D eigenvalue weighted by atomic mass is 9.78. The number of aliphatic hydroxyl groups is 1. The zero-order valence-electron chi connectivity index (χ0n) is 11.0. The fraction of sp³-hybridized carbons (Fsp3) is 0.600. The number of rotatable bonds is 3. The third-order valence-corrected chi connectivity index (χ3v) is 4.51. The van der Waals surface area contributed by atoms with E-state index in [9.17, 15) is 5.11 Å². The highest BCUT2D eigenvalue weighted by atomic mass is 79.9. The first-order valence-corrected chi connectivity index (χ1v) is 7.42. The molecule has 0 heterocycles. The van der Waals surface area contributed by atoms with Gasteiger partial charge in [-0.15, -0.1) is 0 Å². The summed E-state index contributed by atoms with van der Waals surface area (Å²) in [5.41, 5.74) is 0.917. The normalized spacial score (nSPS) is 25.8. The van der Waals surface area contributed by atoms with Crippen LogP contribution in [0.25, 0.3) is 0 Å². The van der Waals surface area contributed by atoms with Crippen molar-refractivity contribution in [2.24, 2.45) is 11.8 Å². The highest BCUT2D eigenvalue weighted by Gasteiger charge is 2.27. The molecule has 2 rings (SSSR count). The number of hydrogen-bond donors (Lipinski definition) is 1. The van der Waals surface area contributed by atoms with E-state index in [1.807, 2.05) is 18.2 Å². The fourth-order valence-corrected chi connectivity index (χ4v) is 3.12. The van der Waals surface area contributed by atoms with Gasteiger partial charge >= 0.3 is 0 Å². The zero-order chi connectivity index (χ0) is 13.1. The second-order valence-electron chi connectivity index (χ2n) is 5.35. The van der Waals surface area contributed by atoms with E-state index < -0.39 is 6.10 Å². The Morgan fingerprint density at radius 3 is 2.56 bits per heavy atom. The van der Waals surface area contributed by atoms with Crippen LogP contribution in [0.2, 0.25) is 0 Å². The van der Waals surface area contributed by atoms with Crippen molar-refractivity contribution >= 4 is 15.9 Å². The summed E-state index contributed by atoms with van der Waals surface area (Å²) < 4.78 is 6.35. The van der Waals surface area contributed by atoms with Crippen molar-refractivity contribution < 1.29 is 9.84 Å². The Balaban J connectivity index is 2.15. The van der Waals surface area contributed by atoms with E-state index in [2.05, 4.69) is 22.9 Å². The third-order valence-electron chi connectivity index (χ3n) is 4.02. The van der Waals surface area contributed by atoms with E-state index in [1.54, 1.807) is 7.11 Å². The maximum absolute atomic E-state index is 10.5. The van der Waals surface area contributed by atoms with E-state index in [0.29, 0.717) is 5.92 Å². The summed E-state index contributed by atoms with van der Waals surface area (Å²) in [6.07, 6.45) is 4.27. The number of hydrogen-bond acceptors (Lipinski definition) is 2. The molecule has 1 aromatic carbocycles. The molecule has 1 atom stereocenters. The molecule has 0 saturated heterocycles. The topological polar surface area (TPSA) is 29.5 Å². The predicted octanol–water partition coefficient (Wildman–Crippen LogP) is 4.32. The molecular weight excluding hydrogens is 292 g/mol. The molecule has 0 radical (unpaired) electrons. The molecule has 1 fully saturated rings. The van der Waals surface area contributed by atoms with E-state index in [0.717, 1.165) is 34.5 Å². The number of methoxy groups -OCH3 is 1. The third kappa shape index (κ3) is 3.07. The molecule has 1 aliphatic carbocycles. The molecule has 3 heteroatoms. The Hall–Kier alpha value is -0.540. The highest BCUT2D eigenvalue weighted by molar-refractivity contribution is 9.10. The maximum Gasteiger partial charge on any atom is 0.125 e. The molecule has 18 heavy (non-hydrogen) atoms. The summed E-state index contributed by atoms with van der Waals surface area (Å²) in [4.78, 5) is 0. The quantitative estimate of drug-likeness (QED) is 0.900. The van der Waals surface area contributed by atoms with Crippen LogP contribution in [0.15, 0.2) is 22.7 Å². The van der Waals surface area contributed by atoms with Gasteiger partial charge in [-0.3, -0.25) is 0 Å². The van der Waals surface area contributed by atoms with Crippen molar-refractivity contribution in [3.63, 3.8) is 0 Å². The van der Waals surface area contributed by atoms with Crippen LogP contribution in [-0.2, 0) is 0 Å². The van der Waals surface area contributed by atoms with Gasteiger partial charge in [0.2, 0.25) is 0 Å². The SMILES string of the molecule is COc1cc(Br)ccc1C(O)C1CCC(C)CC1. The lowest BCUT2D eigenvalue weighted by molar-refractivity contribution is 0.0734. The van der Waals surface area contributed by atoms with E-state index in [4.69, 9.17) is 4.74 Å². The monoisotopic (exact) mass is 312 g/mol. The van der Waals surface area contributed by atoms with Gasteiger partial charge in [0.05, 0.1) is 13.2 Å². The van der Waals surface area contributed by atoms with Crippen LogP contribution < -0.4 is 4.74 Å². The van der Waals surface area contributed by atoms with Gasteiger partial charge < -0.3 is 9.84 Å². The van der Waals surface area contributed by atoms with E-state index in [1.165, 1.54) is 12.8 Å². The molecule has 0 spiro atoms. The molecule has 100 valence electrons. The van der Waals surface area contributed by atoms with Crippen LogP contribution in [0.3, 0.4) is 0 Å². The van der Waals surface area contributed by atoms with Crippen molar-refractivity contribution in [1.82, 2.24) is 0 Å². The van der Waals surface area contributed by atoms with Crippen LogP contribution in [0.5, 0.6) is 5.75 Å². The minimum Gasteiger partial charge on any atom is -0.496 e. The van der Waals surface area contributed by atoms with Crippen LogP contribution in [-0.4, -0.2) is 12.2 Å². The van der Waals surface area contributed by atoms with Crippen molar-refractivity contribution in [2.75, 3.05) is 7.11 Å². The smallest absolute Gasteiger partial charge is 0.125 e. The molecule has 1 unspecified atom stereocenters. The minimum atomic E-state index is -0.402. The molecule has 1 aliphatic rings. The lowest BCUT2D eigenvalue weighted by Crippen LogP contribution is -2.19. The van der Waals surface area contributed by atoms with Gasteiger partial charge in [-0.05, 0) is 36.8 Å². The fourth-order valence-electron chi connectivity index (χ4n) is 2.78. The summed E-state index contributed by atoms with van der Waals surface area (Å²) in [6, 6.07) is 5.85. The number of aliphatic hydroxyl groups excluding tert-OH is 1. The molecule has 0 bridgehead atoms. The molecule has 2 nitrogen and oxygen atoms in total. The van der Waals surface area contributed by atoms with Crippen molar-refractivity contribution in [3.8, 4) is 5.75 Å². The molecule has 0 amide bonds. The van der Waals surface area contributed by atoms with E-state index >= 15 is 0 Å². The number of halogens is 1. The molecule has 0 aromatic heterocycles. The first-order valence-electron chi connectivity index (χ1n) is 6.63. The largest absolute Gasteiger partial charge is 0.496 e. The highest BCUT2D eigenvalue weighted by Crippen LogP contribution is 2.40. The van der Waals surface area contributed by atoms with Gasteiger partial charge in [-0.2, -0.15) is 0 Å². The van der Waals surface area contributed by atoms with Gasteiger partial charge in [0, 0.05) is 10.0 Å². The van der Waals surface area contributed by atoms with Gasteiger partial charge in [-0.1, -0.05) is 41.8 Å². The Morgan fingerprint density at radius 2 is 1.94 bits per heavy atom. The minimum absolute atomic E-state index is 0.372. The summed E-state index contributed by atoms with van der Waals surface area (Å²) in [5.74, 6) is 1.95. The molecule has 1 aromatic rings. The Bertz CT molecular complexity index is 397. The van der Waals surface area contributed by atoms with Crippen molar-refractivity contribution in [2.45, 2.75) is 38.7 Å². The second-order valence-corrected chi connectivity index (χ2v) is 6.27. The first kappa shape index (κ1) is 13.9. The lowest BCUT2D eigenvalue weighted by Gasteiger charge is -2.30. The number of ether oxygens (including phenoxy) is 1. The maximum atomic E-state index is 10.5. The average Bonchev–Trinajstić information content (AvgIpc) is 2.38. The van der Waals surface area contributed by atoms with Gasteiger partial charge in [0.1, 0.15) is 5.75 Å². The molecule has 0 aliphatic heterocycles. The standard InChI is InChI=1S/C15H21BrO2/c1-10-3-5-11(6-4-10)15(17)13-8-7-12(16)9-14(13)18-2/h7-11,15,17H,3-6H2,1-2H3. The van der Waals surface area contributed by atoms with Gasteiger partial charge in [0.25, 0.3) is 0 Å². The van der Waals surface area contributed by atoms with Crippen LogP contribution in [0.1, 0.15) is 44.3 Å².